The Morgan fingerprint density at radius 1 is 1.16 bits per heavy atom. The number of rotatable bonds is 3. The molecule has 0 spiro atoms. The summed E-state index contributed by atoms with van der Waals surface area (Å²) in [5, 5.41) is 0. The molecule has 4 heteroatoms. The summed E-state index contributed by atoms with van der Waals surface area (Å²) in [5.41, 5.74) is 5.92. The molecule has 0 saturated heterocycles. The Morgan fingerprint density at radius 3 is 2.21 bits per heavy atom. The molecule has 0 aliphatic heterocycles. The molecule has 0 amide bonds. The molecule has 19 heavy (non-hydrogen) atoms. The Morgan fingerprint density at radius 2 is 1.74 bits per heavy atom. The molecule has 1 aromatic rings. The van der Waals surface area contributed by atoms with Crippen LogP contribution >= 0.6 is 0 Å². The third kappa shape index (κ3) is 2.50. The fraction of sp³-hybridized carbons (Fsp3) is 0.600. The lowest BCUT2D eigenvalue weighted by Gasteiger charge is -2.54. The molecule has 1 fully saturated rings. The Kier molecular flexibility index (Phi) is 3.42. The Hall–Kier alpha value is -1.03. The minimum Gasteiger partial charge on any atom is -0.321 e. The summed E-state index contributed by atoms with van der Waals surface area (Å²) in [5.74, 6) is 0. The van der Waals surface area contributed by atoms with Crippen molar-refractivity contribution in [1.82, 2.24) is 0 Å². The van der Waals surface area contributed by atoms with E-state index in [1.54, 1.807) is 6.07 Å². The first-order valence-electron chi connectivity index (χ1n) is 6.71. The van der Waals surface area contributed by atoms with Crippen molar-refractivity contribution in [3.05, 3.63) is 35.4 Å². The third-order valence-electron chi connectivity index (χ3n) is 4.65. The van der Waals surface area contributed by atoms with Gasteiger partial charge in [0.05, 0.1) is 5.56 Å². The maximum atomic E-state index is 12.7. The Balaban J connectivity index is 2.25. The summed E-state index contributed by atoms with van der Waals surface area (Å²) < 4.78 is 38.2. The highest BCUT2D eigenvalue weighted by molar-refractivity contribution is 5.34. The molecule has 1 aromatic carbocycles. The molecule has 0 bridgehead atoms. The van der Waals surface area contributed by atoms with Crippen LogP contribution < -0.4 is 5.73 Å². The van der Waals surface area contributed by atoms with Crippen molar-refractivity contribution < 1.29 is 13.2 Å². The molecule has 0 unspecified atom stereocenters. The molecule has 2 rings (SSSR count). The normalized spacial score (nSPS) is 20.9. The van der Waals surface area contributed by atoms with Crippen molar-refractivity contribution >= 4 is 0 Å². The van der Waals surface area contributed by atoms with E-state index < -0.39 is 17.3 Å². The van der Waals surface area contributed by atoms with Gasteiger partial charge in [0.1, 0.15) is 0 Å². The quantitative estimate of drug-likeness (QED) is 0.863. The zero-order valence-corrected chi connectivity index (χ0v) is 11.3. The molecule has 2 N–H and O–H groups in total. The molecular weight excluding hydrogens is 251 g/mol. The van der Waals surface area contributed by atoms with Crippen LogP contribution in [0.1, 0.15) is 50.7 Å². The van der Waals surface area contributed by atoms with E-state index in [4.69, 9.17) is 5.73 Å². The average molecular weight is 271 g/mol. The van der Waals surface area contributed by atoms with E-state index in [0.717, 1.165) is 31.7 Å². The van der Waals surface area contributed by atoms with Crippen molar-refractivity contribution in [2.45, 2.75) is 51.2 Å². The molecular formula is C15H20F3N. The largest absolute Gasteiger partial charge is 0.416 e. The summed E-state index contributed by atoms with van der Waals surface area (Å²) in [6.07, 6.45) is -0.700. The topological polar surface area (TPSA) is 26.0 Å². The highest BCUT2D eigenvalue weighted by Gasteiger charge is 2.51. The van der Waals surface area contributed by atoms with Gasteiger partial charge in [0.15, 0.2) is 0 Å². The van der Waals surface area contributed by atoms with Crippen LogP contribution in [-0.4, -0.2) is 0 Å². The van der Waals surface area contributed by atoms with Gasteiger partial charge in [-0.25, -0.2) is 0 Å². The summed E-state index contributed by atoms with van der Waals surface area (Å²) in [6, 6.07) is 5.46. The number of halogens is 3. The van der Waals surface area contributed by atoms with Gasteiger partial charge in [0.25, 0.3) is 0 Å². The van der Waals surface area contributed by atoms with E-state index in [1.807, 2.05) is 0 Å². The van der Waals surface area contributed by atoms with Gasteiger partial charge in [-0.2, -0.15) is 13.2 Å². The van der Waals surface area contributed by atoms with E-state index in [-0.39, 0.29) is 5.41 Å². The molecule has 0 heterocycles. The number of hydrogen-bond donors (Lipinski definition) is 1. The van der Waals surface area contributed by atoms with Crippen LogP contribution in [0.5, 0.6) is 0 Å². The van der Waals surface area contributed by atoms with Crippen molar-refractivity contribution in [2.24, 2.45) is 11.1 Å². The van der Waals surface area contributed by atoms with E-state index in [9.17, 15) is 13.2 Å². The van der Waals surface area contributed by atoms with Crippen molar-refractivity contribution in [3.8, 4) is 0 Å². The highest BCUT2D eigenvalue weighted by Crippen LogP contribution is 2.56. The average Bonchev–Trinajstić information content (AvgIpc) is 2.34. The van der Waals surface area contributed by atoms with Crippen LogP contribution in [0.3, 0.4) is 0 Å². The van der Waals surface area contributed by atoms with Crippen LogP contribution in [0.2, 0.25) is 0 Å². The van der Waals surface area contributed by atoms with Gasteiger partial charge in [-0.3, -0.25) is 0 Å². The zero-order valence-electron chi connectivity index (χ0n) is 11.3. The van der Waals surface area contributed by atoms with Gasteiger partial charge >= 0.3 is 6.18 Å². The van der Waals surface area contributed by atoms with E-state index >= 15 is 0 Å². The zero-order chi connectivity index (χ0) is 14.3. The van der Waals surface area contributed by atoms with Crippen LogP contribution in [0.4, 0.5) is 13.2 Å². The summed E-state index contributed by atoms with van der Waals surface area (Å²) in [7, 11) is 0. The Labute approximate surface area is 112 Å². The van der Waals surface area contributed by atoms with Crippen LogP contribution in [0.15, 0.2) is 24.3 Å². The van der Waals surface area contributed by atoms with Crippen molar-refractivity contribution in [1.29, 1.82) is 0 Å². The van der Waals surface area contributed by atoms with E-state index in [0.29, 0.717) is 5.56 Å². The predicted octanol–water partition coefficient (Wildman–Crippen LogP) is 4.46. The first-order chi connectivity index (χ1) is 8.75. The molecule has 0 aromatic heterocycles. The lowest BCUT2D eigenvalue weighted by atomic mass is 9.53. The summed E-state index contributed by atoms with van der Waals surface area (Å²) in [4.78, 5) is 0. The predicted molar refractivity (Wildman–Crippen MR) is 69.6 cm³/mol. The highest BCUT2D eigenvalue weighted by atomic mass is 19.4. The number of hydrogen-bond acceptors (Lipinski definition) is 1. The molecule has 1 saturated carbocycles. The molecule has 0 radical (unpaired) electrons. The first kappa shape index (κ1) is 14.4. The van der Waals surface area contributed by atoms with E-state index in [2.05, 4.69) is 13.8 Å². The van der Waals surface area contributed by atoms with Crippen LogP contribution in [0.25, 0.3) is 0 Å². The third-order valence-corrected chi connectivity index (χ3v) is 4.65. The lowest BCUT2D eigenvalue weighted by Crippen LogP contribution is -2.55. The molecule has 1 aliphatic carbocycles. The first-order valence-corrected chi connectivity index (χ1v) is 6.71. The smallest absolute Gasteiger partial charge is 0.321 e. The lowest BCUT2D eigenvalue weighted by molar-refractivity contribution is -0.137. The van der Waals surface area contributed by atoms with Crippen LogP contribution in [0, 0.1) is 5.41 Å². The summed E-state index contributed by atoms with van der Waals surface area (Å²) in [6.45, 7) is 4.24. The monoisotopic (exact) mass is 271 g/mol. The second-order valence-corrected chi connectivity index (χ2v) is 5.80. The minimum absolute atomic E-state index is 0.211. The second kappa shape index (κ2) is 4.51. The number of alkyl halides is 3. The fourth-order valence-electron chi connectivity index (χ4n) is 3.25. The maximum absolute atomic E-state index is 12.7. The number of nitrogens with two attached hydrogens (primary N) is 1. The maximum Gasteiger partial charge on any atom is 0.416 e. The fourth-order valence-corrected chi connectivity index (χ4v) is 3.25. The summed E-state index contributed by atoms with van der Waals surface area (Å²) >= 11 is 0. The molecule has 0 atom stereocenters. The molecule has 1 aliphatic rings. The van der Waals surface area contributed by atoms with Gasteiger partial charge in [-0.05, 0) is 36.0 Å². The molecule has 106 valence electrons. The second-order valence-electron chi connectivity index (χ2n) is 5.80. The van der Waals surface area contributed by atoms with Gasteiger partial charge < -0.3 is 5.73 Å². The number of benzene rings is 1. The van der Waals surface area contributed by atoms with Crippen LogP contribution in [-0.2, 0) is 11.7 Å². The SMILES string of the molecule is CCC1(CC)CC(N)(c2cccc(C(F)(F)F)c2)C1. The van der Waals surface area contributed by atoms with Crippen molar-refractivity contribution in [2.75, 3.05) is 0 Å². The van der Waals surface area contributed by atoms with Gasteiger partial charge in [-0.1, -0.05) is 38.8 Å². The van der Waals surface area contributed by atoms with Gasteiger partial charge in [0.2, 0.25) is 0 Å². The van der Waals surface area contributed by atoms with Crippen molar-refractivity contribution in [3.63, 3.8) is 0 Å². The van der Waals surface area contributed by atoms with E-state index in [1.165, 1.54) is 12.1 Å². The minimum atomic E-state index is -4.30. The van der Waals surface area contributed by atoms with Gasteiger partial charge in [-0.15, -0.1) is 0 Å². The molecule has 1 nitrogen and oxygen atoms in total. The Bertz CT molecular complexity index is 453. The standard InChI is InChI=1S/C15H20F3N/c1-3-13(4-2)9-14(19,10-13)11-6-5-7-12(8-11)15(16,17)18/h5-8H,3-4,9-10,19H2,1-2H3. The van der Waals surface area contributed by atoms with Gasteiger partial charge in [0, 0.05) is 5.54 Å².